The highest BCUT2D eigenvalue weighted by Gasteiger charge is 2.28. The molecule has 0 spiro atoms. The maximum atomic E-state index is 11.9. The fourth-order valence-electron chi connectivity index (χ4n) is 4.61. The van der Waals surface area contributed by atoms with Gasteiger partial charge in [0.15, 0.2) is 0 Å². The lowest BCUT2D eigenvalue weighted by Crippen LogP contribution is -2.19. The van der Waals surface area contributed by atoms with Crippen LogP contribution < -0.4 is 5.32 Å². The summed E-state index contributed by atoms with van der Waals surface area (Å²) in [7, 11) is 0. The van der Waals surface area contributed by atoms with E-state index in [0.29, 0.717) is 12.3 Å². The summed E-state index contributed by atoms with van der Waals surface area (Å²) >= 11 is 0. The van der Waals surface area contributed by atoms with E-state index in [2.05, 4.69) is 33.7 Å². The molecule has 2 aromatic carbocycles. The predicted octanol–water partition coefficient (Wildman–Crippen LogP) is 5.26. The molecule has 1 fully saturated rings. The Morgan fingerprint density at radius 1 is 1.10 bits per heavy atom. The molecule has 150 valence electrons. The summed E-state index contributed by atoms with van der Waals surface area (Å²) in [5.74, 6) is 2.49. The minimum absolute atomic E-state index is 0.0741. The molecule has 30 heavy (non-hydrogen) atoms. The Kier molecular flexibility index (Phi) is 3.66. The maximum absolute atomic E-state index is 11.9. The van der Waals surface area contributed by atoms with Crippen LogP contribution in [0.3, 0.4) is 0 Å². The quantitative estimate of drug-likeness (QED) is 0.493. The first-order chi connectivity index (χ1) is 14.6. The van der Waals surface area contributed by atoms with Gasteiger partial charge in [-0.1, -0.05) is 17.3 Å². The average molecular weight is 398 g/mol. The number of rotatable bonds is 3. The maximum Gasteiger partial charge on any atom is 0.224 e. The van der Waals surface area contributed by atoms with Crippen LogP contribution >= 0.6 is 0 Å². The molecule has 1 amide bonds. The molecular weight excluding hydrogens is 376 g/mol. The Balaban J connectivity index is 1.63. The van der Waals surface area contributed by atoms with Crippen LogP contribution in [0.25, 0.3) is 33.3 Å². The fraction of sp³-hybridized carbons (Fsp3) is 0.292. The fourth-order valence-corrected chi connectivity index (χ4v) is 4.61. The number of nitrogens with zero attached hydrogens (tertiary/aromatic N) is 2. The molecule has 1 saturated carbocycles. The van der Waals surface area contributed by atoms with Gasteiger partial charge in [-0.3, -0.25) is 4.79 Å². The molecule has 0 bridgehead atoms. The Morgan fingerprint density at radius 3 is 2.73 bits per heavy atom. The molecule has 3 heterocycles. The molecule has 1 aliphatic heterocycles. The van der Waals surface area contributed by atoms with Crippen molar-refractivity contribution in [1.82, 2.24) is 15.1 Å². The number of hydrogen-bond acceptors (Lipinski definition) is 4. The largest absolute Gasteiger partial charge is 0.361 e. The zero-order valence-corrected chi connectivity index (χ0v) is 17.0. The zero-order chi connectivity index (χ0) is 20.4. The number of nitrogens with one attached hydrogen (secondary N) is 2. The molecular formula is C24H22N4O2. The van der Waals surface area contributed by atoms with E-state index in [4.69, 9.17) is 9.51 Å². The average Bonchev–Trinajstić information content (AvgIpc) is 3.41. The molecule has 6 heteroatoms. The molecule has 2 aromatic heterocycles. The highest BCUT2D eigenvalue weighted by atomic mass is 16.5. The third-order valence-corrected chi connectivity index (χ3v) is 6.23. The molecule has 2 N–H and O–H groups in total. The van der Waals surface area contributed by atoms with Gasteiger partial charge < -0.3 is 14.8 Å². The van der Waals surface area contributed by atoms with Gasteiger partial charge in [-0.05, 0) is 68.0 Å². The summed E-state index contributed by atoms with van der Waals surface area (Å²) in [6.07, 6.45) is 3.62. The van der Waals surface area contributed by atoms with Crippen LogP contribution in [0.4, 0.5) is 5.69 Å². The van der Waals surface area contributed by atoms with Crippen molar-refractivity contribution in [2.75, 3.05) is 5.32 Å². The number of anilines is 1. The SMILES string of the molecule is Cc1noc(C)c1-c1cc(-c2cccc3c2CCC(=O)N3)c2nc(C3CC3)[nH]c2c1. The third kappa shape index (κ3) is 2.67. The highest BCUT2D eigenvalue weighted by molar-refractivity contribution is 6.01. The predicted molar refractivity (Wildman–Crippen MR) is 115 cm³/mol. The van der Waals surface area contributed by atoms with Gasteiger partial charge in [0.05, 0.1) is 16.7 Å². The topological polar surface area (TPSA) is 83.8 Å². The van der Waals surface area contributed by atoms with E-state index in [1.54, 1.807) is 0 Å². The first-order valence-corrected chi connectivity index (χ1v) is 10.5. The normalized spacial score (nSPS) is 16.0. The zero-order valence-electron chi connectivity index (χ0n) is 17.0. The Labute approximate surface area is 173 Å². The second kappa shape index (κ2) is 6.29. The molecule has 0 unspecified atom stereocenters. The Hall–Kier alpha value is -3.41. The van der Waals surface area contributed by atoms with Crippen LogP contribution in [0, 0.1) is 13.8 Å². The van der Waals surface area contributed by atoms with Crippen molar-refractivity contribution in [3.8, 4) is 22.3 Å². The van der Waals surface area contributed by atoms with Crippen LogP contribution in [-0.4, -0.2) is 21.0 Å². The number of carbonyl (C=O) groups excluding carboxylic acids is 1. The van der Waals surface area contributed by atoms with Crippen molar-refractivity contribution in [2.24, 2.45) is 0 Å². The first-order valence-electron chi connectivity index (χ1n) is 10.5. The lowest BCUT2D eigenvalue weighted by molar-refractivity contribution is -0.116. The van der Waals surface area contributed by atoms with Crippen molar-refractivity contribution < 1.29 is 9.32 Å². The van der Waals surface area contributed by atoms with E-state index in [1.807, 2.05) is 26.0 Å². The summed E-state index contributed by atoms with van der Waals surface area (Å²) in [6.45, 7) is 3.92. The molecule has 4 aromatic rings. The van der Waals surface area contributed by atoms with Crippen LogP contribution in [0.5, 0.6) is 0 Å². The second-order valence-corrected chi connectivity index (χ2v) is 8.40. The molecule has 6 rings (SSSR count). The van der Waals surface area contributed by atoms with Crippen molar-refractivity contribution in [2.45, 2.75) is 45.4 Å². The van der Waals surface area contributed by atoms with Crippen LogP contribution in [0.15, 0.2) is 34.9 Å². The number of hydrogen-bond donors (Lipinski definition) is 2. The summed E-state index contributed by atoms with van der Waals surface area (Å²) in [6, 6.07) is 10.5. The van der Waals surface area contributed by atoms with Gasteiger partial charge in [0.2, 0.25) is 5.91 Å². The van der Waals surface area contributed by atoms with Gasteiger partial charge in [-0.15, -0.1) is 0 Å². The Morgan fingerprint density at radius 2 is 1.97 bits per heavy atom. The number of aromatic amines is 1. The highest BCUT2D eigenvalue weighted by Crippen LogP contribution is 2.43. The first kappa shape index (κ1) is 17.4. The van der Waals surface area contributed by atoms with Crippen LogP contribution in [0.1, 0.15) is 48.0 Å². The van der Waals surface area contributed by atoms with Gasteiger partial charge in [-0.2, -0.15) is 0 Å². The molecule has 2 aliphatic rings. The van der Waals surface area contributed by atoms with E-state index in [9.17, 15) is 4.79 Å². The van der Waals surface area contributed by atoms with E-state index in [1.165, 1.54) is 18.4 Å². The minimum atomic E-state index is 0.0741. The van der Waals surface area contributed by atoms with Crippen molar-refractivity contribution in [3.63, 3.8) is 0 Å². The third-order valence-electron chi connectivity index (χ3n) is 6.23. The number of benzene rings is 2. The van der Waals surface area contributed by atoms with Crippen molar-refractivity contribution in [1.29, 1.82) is 0 Å². The number of imidazole rings is 1. The van der Waals surface area contributed by atoms with Gasteiger partial charge >= 0.3 is 0 Å². The standard InChI is InChI=1S/C24H22N4O2/c1-12-22(13(2)30-28-12)15-10-18(23-20(11-15)26-24(27-23)14-6-7-14)16-4-3-5-19-17(16)8-9-21(29)25-19/h3-5,10-11,14H,6-9H2,1-2H3,(H,25,29)(H,26,27). The minimum Gasteiger partial charge on any atom is -0.361 e. The number of H-pyrrole nitrogens is 1. The summed E-state index contributed by atoms with van der Waals surface area (Å²) in [5.41, 5.74) is 9.26. The van der Waals surface area contributed by atoms with Gasteiger partial charge in [0.1, 0.15) is 11.6 Å². The van der Waals surface area contributed by atoms with Gasteiger partial charge in [-0.25, -0.2) is 4.98 Å². The molecule has 0 radical (unpaired) electrons. The smallest absolute Gasteiger partial charge is 0.224 e. The van der Waals surface area contributed by atoms with Crippen molar-refractivity contribution >= 4 is 22.6 Å². The number of fused-ring (bicyclic) bond motifs is 2. The molecule has 0 atom stereocenters. The van der Waals surface area contributed by atoms with E-state index >= 15 is 0 Å². The number of aromatic nitrogens is 3. The molecule has 0 saturated heterocycles. The van der Waals surface area contributed by atoms with E-state index in [0.717, 1.165) is 62.7 Å². The number of aryl methyl sites for hydroxylation is 2. The lowest BCUT2D eigenvalue weighted by atomic mass is 9.90. The van der Waals surface area contributed by atoms with Gasteiger partial charge in [0, 0.05) is 29.2 Å². The van der Waals surface area contributed by atoms with Crippen molar-refractivity contribution in [3.05, 3.63) is 53.2 Å². The van der Waals surface area contributed by atoms with E-state index < -0.39 is 0 Å². The lowest BCUT2D eigenvalue weighted by Gasteiger charge is -2.20. The van der Waals surface area contributed by atoms with Crippen LogP contribution in [0.2, 0.25) is 0 Å². The Bertz CT molecular complexity index is 1310. The second-order valence-electron chi connectivity index (χ2n) is 8.40. The molecule has 6 nitrogen and oxygen atoms in total. The summed E-state index contributed by atoms with van der Waals surface area (Å²) in [4.78, 5) is 20.5. The monoisotopic (exact) mass is 398 g/mol. The van der Waals surface area contributed by atoms with Gasteiger partial charge in [0.25, 0.3) is 0 Å². The number of amides is 1. The van der Waals surface area contributed by atoms with E-state index in [-0.39, 0.29) is 5.91 Å². The summed E-state index contributed by atoms with van der Waals surface area (Å²) in [5, 5.41) is 7.17. The number of carbonyl (C=O) groups is 1. The van der Waals surface area contributed by atoms with Crippen LogP contribution in [-0.2, 0) is 11.2 Å². The summed E-state index contributed by atoms with van der Waals surface area (Å²) < 4.78 is 5.44. The molecule has 1 aliphatic carbocycles.